The fraction of sp³-hybridized carbons (Fsp3) is 0.286. The average Bonchev–Trinajstić information content (AvgIpc) is 2.78. The van der Waals surface area contributed by atoms with Crippen molar-refractivity contribution in [2.75, 3.05) is 0 Å². The molecule has 2 rings (SSSR count). The van der Waals surface area contributed by atoms with E-state index in [2.05, 4.69) is 0 Å². The Morgan fingerprint density at radius 2 is 1.76 bits per heavy atom. The van der Waals surface area contributed by atoms with E-state index in [0.29, 0.717) is 0 Å². The van der Waals surface area contributed by atoms with Crippen molar-refractivity contribution in [3.63, 3.8) is 0 Å². The van der Waals surface area contributed by atoms with Gasteiger partial charge in [0.05, 0.1) is 12.7 Å². The van der Waals surface area contributed by atoms with Crippen LogP contribution in [0.3, 0.4) is 0 Å². The number of benzene rings is 1. The van der Waals surface area contributed by atoms with Gasteiger partial charge in [-0.05, 0) is 30.2 Å². The summed E-state index contributed by atoms with van der Waals surface area (Å²) in [6.45, 7) is 2.57. The van der Waals surface area contributed by atoms with Gasteiger partial charge in [0, 0.05) is 18.4 Å². The molecule has 0 saturated carbocycles. The minimum atomic E-state index is -0.457. The number of nitrogens with zero attached hydrogens (tertiary/aromatic N) is 1. The third-order valence-electron chi connectivity index (χ3n) is 2.85. The van der Waals surface area contributed by atoms with E-state index in [1.54, 1.807) is 6.92 Å². The summed E-state index contributed by atoms with van der Waals surface area (Å²) in [7, 11) is 0. The predicted molar refractivity (Wildman–Crippen MR) is 66.5 cm³/mol. The first-order chi connectivity index (χ1) is 8.20. The van der Waals surface area contributed by atoms with Crippen molar-refractivity contribution in [1.29, 1.82) is 0 Å². The molecule has 1 aromatic heterocycles. The molecule has 0 aliphatic carbocycles. The van der Waals surface area contributed by atoms with Gasteiger partial charge < -0.3 is 14.8 Å². The molecule has 0 fully saturated rings. The summed E-state index contributed by atoms with van der Waals surface area (Å²) in [5.74, 6) is 0. The Balaban J connectivity index is 2.16. The molecular formula is C14H17NO2. The van der Waals surface area contributed by atoms with Crippen LogP contribution in [-0.4, -0.2) is 14.8 Å². The Morgan fingerprint density at radius 1 is 1.12 bits per heavy atom. The van der Waals surface area contributed by atoms with Gasteiger partial charge in [0.25, 0.3) is 0 Å². The van der Waals surface area contributed by atoms with Gasteiger partial charge in [-0.1, -0.05) is 24.3 Å². The fourth-order valence-corrected chi connectivity index (χ4v) is 1.90. The van der Waals surface area contributed by atoms with Gasteiger partial charge in [0.15, 0.2) is 0 Å². The van der Waals surface area contributed by atoms with E-state index in [-0.39, 0.29) is 6.61 Å². The van der Waals surface area contributed by atoms with Gasteiger partial charge in [-0.25, -0.2) is 0 Å². The lowest BCUT2D eigenvalue weighted by molar-refractivity contribution is 0.190. The molecule has 0 spiro atoms. The summed E-state index contributed by atoms with van der Waals surface area (Å²) in [6, 6.07) is 11.7. The van der Waals surface area contributed by atoms with Crippen LogP contribution >= 0.6 is 0 Å². The van der Waals surface area contributed by atoms with Crippen molar-refractivity contribution in [3.05, 3.63) is 59.4 Å². The van der Waals surface area contributed by atoms with Crippen LogP contribution < -0.4 is 0 Å². The van der Waals surface area contributed by atoms with E-state index >= 15 is 0 Å². The smallest absolute Gasteiger partial charge is 0.0911 e. The molecule has 1 unspecified atom stereocenters. The molecule has 0 aliphatic heterocycles. The third-order valence-corrected chi connectivity index (χ3v) is 2.85. The molecule has 3 nitrogen and oxygen atoms in total. The first kappa shape index (κ1) is 11.9. The van der Waals surface area contributed by atoms with E-state index in [1.165, 1.54) is 0 Å². The molecule has 0 aliphatic rings. The molecule has 2 aromatic rings. The molecular weight excluding hydrogens is 214 g/mol. The number of aliphatic hydroxyl groups is 2. The molecule has 1 heterocycles. The Bertz CT molecular complexity index is 471. The quantitative estimate of drug-likeness (QED) is 0.846. The Kier molecular flexibility index (Phi) is 3.61. The van der Waals surface area contributed by atoms with Crippen LogP contribution in [0.25, 0.3) is 0 Å². The zero-order valence-corrected chi connectivity index (χ0v) is 9.87. The first-order valence-electron chi connectivity index (χ1n) is 5.72. The maximum absolute atomic E-state index is 9.60. The van der Waals surface area contributed by atoms with Crippen LogP contribution in [-0.2, 0) is 13.2 Å². The van der Waals surface area contributed by atoms with Gasteiger partial charge in [0.1, 0.15) is 0 Å². The maximum Gasteiger partial charge on any atom is 0.0911 e. The van der Waals surface area contributed by atoms with Crippen molar-refractivity contribution in [2.24, 2.45) is 0 Å². The van der Waals surface area contributed by atoms with Gasteiger partial charge in [-0.15, -0.1) is 0 Å². The monoisotopic (exact) mass is 231 g/mol. The normalized spacial score (nSPS) is 12.6. The highest BCUT2D eigenvalue weighted by molar-refractivity contribution is 5.23. The lowest BCUT2D eigenvalue weighted by atomic mass is 10.1. The first-order valence-corrected chi connectivity index (χ1v) is 5.72. The highest BCUT2D eigenvalue weighted by atomic mass is 16.3. The van der Waals surface area contributed by atoms with E-state index in [4.69, 9.17) is 5.11 Å². The standard InChI is InChI=1S/C14H17NO2/c1-11(17)14-3-2-8-15(14)9-12-4-6-13(10-16)7-5-12/h2-8,11,16-17H,9-10H2,1H3. The van der Waals surface area contributed by atoms with Crippen molar-refractivity contribution in [3.8, 4) is 0 Å². The summed E-state index contributed by atoms with van der Waals surface area (Å²) < 4.78 is 2.03. The maximum atomic E-state index is 9.60. The molecule has 0 amide bonds. The highest BCUT2D eigenvalue weighted by Crippen LogP contribution is 2.15. The summed E-state index contributed by atoms with van der Waals surface area (Å²) in [6.07, 6.45) is 1.50. The van der Waals surface area contributed by atoms with Crippen LogP contribution in [0.2, 0.25) is 0 Å². The van der Waals surface area contributed by atoms with Gasteiger partial charge >= 0.3 is 0 Å². The zero-order valence-electron chi connectivity index (χ0n) is 9.87. The minimum absolute atomic E-state index is 0.0721. The molecule has 0 bridgehead atoms. The molecule has 1 atom stereocenters. The molecule has 0 radical (unpaired) electrons. The lowest BCUT2D eigenvalue weighted by Crippen LogP contribution is -2.05. The predicted octanol–water partition coefficient (Wildman–Crippen LogP) is 2.08. The van der Waals surface area contributed by atoms with Crippen molar-refractivity contribution >= 4 is 0 Å². The summed E-state index contributed by atoms with van der Waals surface area (Å²) in [4.78, 5) is 0. The van der Waals surface area contributed by atoms with Crippen LogP contribution in [0.4, 0.5) is 0 Å². The van der Waals surface area contributed by atoms with Crippen LogP contribution in [0, 0.1) is 0 Å². The Morgan fingerprint density at radius 3 is 2.35 bits per heavy atom. The lowest BCUT2D eigenvalue weighted by Gasteiger charge is -2.11. The number of hydrogen-bond donors (Lipinski definition) is 2. The molecule has 2 N–H and O–H groups in total. The third kappa shape index (κ3) is 2.75. The van der Waals surface area contributed by atoms with Crippen LogP contribution in [0.1, 0.15) is 29.8 Å². The number of aliphatic hydroxyl groups excluding tert-OH is 2. The molecule has 0 saturated heterocycles. The van der Waals surface area contributed by atoms with Crippen molar-refractivity contribution < 1.29 is 10.2 Å². The fourth-order valence-electron chi connectivity index (χ4n) is 1.90. The Labute approximate surface area is 101 Å². The number of hydrogen-bond acceptors (Lipinski definition) is 2. The summed E-state index contributed by atoms with van der Waals surface area (Å²) >= 11 is 0. The van der Waals surface area contributed by atoms with E-state index in [9.17, 15) is 5.11 Å². The van der Waals surface area contributed by atoms with E-state index < -0.39 is 6.10 Å². The van der Waals surface area contributed by atoms with Gasteiger partial charge in [-0.3, -0.25) is 0 Å². The molecule has 3 heteroatoms. The SMILES string of the molecule is CC(O)c1cccn1Cc1ccc(CO)cc1. The second kappa shape index (κ2) is 5.17. The highest BCUT2D eigenvalue weighted by Gasteiger charge is 2.06. The largest absolute Gasteiger partial charge is 0.392 e. The topological polar surface area (TPSA) is 45.4 Å². The van der Waals surface area contributed by atoms with Gasteiger partial charge in [-0.2, -0.15) is 0 Å². The second-order valence-electron chi connectivity index (χ2n) is 4.21. The average molecular weight is 231 g/mol. The van der Waals surface area contributed by atoms with Crippen molar-refractivity contribution in [2.45, 2.75) is 26.2 Å². The number of aromatic nitrogens is 1. The number of rotatable bonds is 4. The van der Waals surface area contributed by atoms with Gasteiger partial charge in [0.2, 0.25) is 0 Å². The minimum Gasteiger partial charge on any atom is -0.392 e. The molecule has 17 heavy (non-hydrogen) atoms. The second-order valence-corrected chi connectivity index (χ2v) is 4.21. The Hall–Kier alpha value is -1.58. The van der Waals surface area contributed by atoms with E-state index in [0.717, 1.165) is 23.4 Å². The summed E-state index contributed by atoms with van der Waals surface area (Å²) in [5.41, 5.74) is 2.98. The molecule has 90 valence electrons. The van der Waals surface area contributed by atoms with Crippen LogP contribution in [0.15, 0.2) is 42.6 Å². The zero-order chi connectivity index (χ0) is 12.3. The van der Waals surface area contributed by atoms with Crippen LogP contribution in [0.5, 0.6) is 0 Å². The van der Waals surface area contributed by atoms with Crippen molar-refractivity contribution in [1.82, 2.24) is 4.57 Å². The van der Waals surface area contributed by atoms with E-state index in [1.807, 2.05) is 47.2 Å². The summed E-state index contributed by atoms with van der Waals surface area (Å²) in [5, 5.41) is 18.6. The molecule has 1 aromatic carbocycles.